The van der Waals surface area contributed by atoms with E-state index in [9.17, 15) is 9.59 Å². The van der Waals surface area contributed by atoms with Gasteiger partial charge in [0.1, 0.15) is 5.78 Å². The van der Waals surface area contributed by atoms with Crippen molar-refractivity contribution in [1.29, 1.82) is 0 Å². The summed E-state index contributed by atoms with van der Waals surface area (Å²) in [6.07, 6.45) is 0.610. The number of hydrogen-bond acceptors (Lipinski definition) is 3. The van der Waals surface area contributed by atoms with Crippen LogP contribution in [0.4, 0.5) is 0 Å². The predicted molar refractivity (Wildman–Crippen MR) is 75.0 cm³/mol. The fraction of sp³-hybridized carbons (Fsp3) is 0.571. The lowest BCUT2D eigenvalue weighted by Gasteiger charge is -2.25. The Morgan fingerprint density at radius 3 is 2.50 bits per heavy atom. The van der Waals surface area contributed by atoms with Crippen LogP contribution >= 0.6 is 11.3 Å². The normalized spacial score (nSPS) is 11.3. The van der Waals surface area contributed by atoms with E-state index in [2.05, 4.69) is 37.5 Å². The van der Waals surface area contributed by atoms with Crippen molar-refractivity contribution in [3.63, 3.8) is 0 Å². The molecule has 0 aromatic carbocycles. The molecule has 1 amide bonds. The van der Waals surface area contributed by atoms with Gasteiger partial charge in [-0.2, -0.15) is 0 Å². The maximum absolute atomic E-state index is 11.6. The molecule has 1 N–H and O–H groups in total. The summed E-state index contributed by atoms with van der Waals surface area (Å²) < 4.78 is 0. The first-order valence-electron chi connectivity index (χ1n) is 6.13. The predicted octanol–water partition coefficient (Wildman–Crippen LogP) is 2.82. The van der Waals surface area contributed by atoms with Crippen molar-refractivity contribution >= 4 is 23.0 Å². The minimum absolute atomic E-state index is 0.0486. The van der Waals surface area contributed by atoms with Crippen molar-refractivity contribution in [2.24, 2.45) is 0 Å². The monoisotopic (exact) mass is 267 g/mol. The lowest BCUT2D eigenvalue weighted by Crippen LogP contribution is -2.36. The molecule has 100 valence electrons. The largest absolute Gasteiger partial charge is 0.355 e. The Balaban J connectivity index is 2.50. The van der Waals surface area contributed by atoms with Gasteiger partial charge >= 0.3 is 0 Å². The molecular formula is C14H21NO2S. The Morgan fingerprint density at radius 2 is 2.00 bits per heavy atom. The smallest absolute Gasteiger partial charge is 0.220 e. The van der Waals surface area contributed by atoms with E-state index in [-0.39, 0.29) is 23.5 Å². The van der Waals surface area contributed by atoms with Gasteiger partial charge < -0.3 is 10.1 Å². The Morgan fingerprint density at radius 1 is 1.33 bits per heavy atom. The van der Waals surface area contributed by atoms with Crippen LogP contribution in [-0.4, -0.2) is 18.2 Å². The molecular weight excluding hydrogens is 246 g/mol. The molecule has 1 aromatic heterocycles. The number of carbonyl (C=O) groups excluding carboxylic acids is 2. The standard InChI is InChI=1S/C14H21NO2S/c1-10-7-8-18-13(10)14(3,4)9-15-12(17)6-5-11(2)16/h7-8H,5-6,9H2,1-4H3,(H,15,17). The molecule has 3 nitrogen and oxygen atoms in total. The lowest BCUT2D eigenvalue weighted by molar-refractivity contribution is -0.124. The molecule has 1 aromatic rings. The van der Waals surface area contributed by atoms with Gasteiger partial charge in [0, 0.05) is 29.7 Å². The average Bonchev–Trinajstić information content (AvgIpc) is 2.71. The minimum atomic E-state index is -0.0653. The van der Waals surface area contributed by atoms with Crippen LogP contribution in [-0.2, 0) is 15.0 Å². The summed E-state index contributed by atoms with van der Waals surface area (Å²) >= 11 is 1.72. The first-order chi connectivity index (χ1) is 8.33. The lowest BCUT2D eigenvalue weighted by atomic mass is 9.89. The molecule has 0 atom stereocenters. The topological polar surface area (TPSA) is 46.2 Å². The second-order valence-corrected chi connectivity index (χ2v) is 6.21. The Bertz CT molecular complexity index is 435. The summed E-state index contributed by atoms with van der Waals surface area (Å²) in [5.41, 5.74) is 1.20. The van der Waals surface area contributed by atoms with Crippen LogP contribution in [0, 0.1) is 6.92 Å². The molecule has 0 radical (unpaired) electrons. The van der Waals surface area contributed by atoms with Crippen LogP contribution < -0.4 is 5.32 Å². The maximum Gasteiger partial charge on any atom is 0.220 e. The molecule has 0 unspecified atom stereocenters. The van der Waals surface area contributed by atoms with Crippen molar-refractivity contribution in [3.8, 4) is 0 Å². The second kappa shape index (κ2) is 6.14. The number of Topliss-reactive ketones (excluding diaryl/α,β-unsaturated/α-hetero) is 1. The average molecular weight is 267 g/mol. The zero-order chi connectivity index (χ0) is 13.8. The molecule has 0 aliphatic carbocycles. The summed E-state index contributed by atoms with van der Waals surface area (Å²) in [5.74, 6) is 0.00555. The van der Waals surface area contributed by atoms with Crippen molar-refractivity contribution in [2.75, 3.05) is 6.54 Å². The summed E-state index contributed by atoms with van der Waals surface area (Å²) in [6, 6.07) is 2.10. The number of rotatable bonds is 6. The molecule has 1 rings (SSSR count). The first-order valence-corrected chi connectivity index (χ1v) is 7.01. The van der Waals surface area contributed by atoms with Gasteiger partial charge in [-0.3, -0.25) is 4.79 Å². The minimum Gasteiger partial charge on any atom is -0.355 e. The summed E-state index contributed by atoms with van der Waals surface area (Å²) in [5, 5.41) is 4.98. The Hall–Kier alpha value is -1.16. The van der Waals surface area contributed by atoms with Crippen molar-refractivity contribution in [1.82, 2.24) is 5.32 Å². The van der Waals surface area contributed by atoms with Crippen LogP contribution in [0.3, 0.4) is 0 Å². The number of aryl methyl sites for hydroxylation is 1. The van der Waals surface area contributed by atoms with E-state index in [0.29, 0.717) is 13.0 Å². The molecule has 0 spiro atoms. The van der Waals surface area contributed by atoms with E-state index in [0.717, 1.165) is 0 Å². The van der Waals surface area contributed by atoms with Crippen LogP contribution in [0.25, 0.3) is 0 Å². The van der Waals surface area contributed by atoms with Gasteiger partial charge in [-0.05, 0) is 30.9 Å². The van der Waals surface area contributed by atoms with Gasteiger partial charge in [-0.25, -0.2) is 0 Å². The number of carbonyl (C=O) groups is 2. The van der Waals surface area contributed by atoms with E-state index >= 15 is 0 Å². The quantitative estimate of drug-likeness (QED) is 0.861. The molecule has 4 heteroatoms. The highest BCUT2D eigenvalue weighted by Gasteiger charge is 2.24. The third-order valence-corrected chi connectivity index (χ3v) is 4.29. The highest BCUT2D eigenvalue weighted by Crippen LogP contribution is 2.30. The van der Waals surface area contributed by atoms with E-state index in [1.54, 1.807) is 11.3 Å². The first kappa shape index (κ1) is 14.9. The van der Waals surface area contributed by atoms with E-state index in [1.165, 1.54) is 17.4 Å². The third-order valence-electron chi connectivity index (χ3n) is 2.91. The molecule has 0 saturated carbocycles. The van der Waals surface area contributed by atoms with E-state index in [4.69, 9.17) is 0 Å². The number of hydrogen-bond donors (Lipinski definition) is 1. The van der Waals surface area contributed by atoms with Gasteiger partial charge in [-0.15, -0.1) is 11.3 Å². The highest BCUT2D eigenvalue weighted by atomic mass is 32.1. The van der Waals surface area contributed by atoms with Crippen LogP contribution in [0.2, 0.25) is 0 Å². The van der Waals surface area contributed by atoms with Gasteiger partial charge in [0.25, 0.3) is 0 Å². The molecule has 0 aliphatic heterocycles. The Kier molecular flexibility index (Phi) is 5.08. The summed E-state index contributed by atoms with van der Waals surface area (Å²) in [4.78, 5) is 23.7. The molecule has 1 heterocycles. The van der Waals surface area contributed by atoms with E-state index < -0.39 is 0 Å². The van der Waals surface area contributed by atoms with Crippen molar-refractivity contribution < 1.29 is 9.59 Å². The summed E-state index contributed by atoms with van der Waals surface area (Å²) in [7, 11) is 0. The van der Waals surface area contributed by atoms with Gasteiger partial charge in [0.15, 0.2) is 0 Å². The maximum atomic E-state index is 11.6. The molecule has 0 saturated heterocycles. The van der Waals surface area contributed by atoms with Gasteiger partial charge in [-0.1, -0.05) is 13.8 Å². The van der Waals surface area contributed by atoms with Crippen LogP contribution in [0.15, 0.2) is 11.4 Å². The molecule has 0 bridgehead atoms. The van der Waals surface area contributed by atoms with Crippen LogP contribution in [0.5, 0.6) is 0 Å². The zero-order valence-electron chi connectivity index (χ0n) is 11.5. The molecule has 18 heavy (non-hydrogen) atoms. The van der Waals surface area contributed by atoms with Gasteiger partial charge in [0.05, 0.1) is 0 Å². The van der Waals surface area contributed by atoms with E-state index in [1.807, 2.05) is 0 Å². The Labute approximate surface area is 113 Å². The van der Waals surface area contributed by atoms with Crippen molar-refractivity contribution in [3.05, 3.63) is 21.9 Å². The number of nitrogens with one attached hydrogen (secondary N) is 1. The number of ketones is 1. The SMILES string of the molecule is CC(=O)CCC(=O)NCC(C)(C)c1sccc1C. The zero-order valence-corrected chi connectivity index (χ0v) is 12.3. The number of amides is 1. The van der Waals surface area contributed by atoms with Crippen molar-refractivity contribution in [2.45, 2.75) is 46.0 Å². The van der Waals surface area contributed by atoms with Crippen LogP contribution in [0.1, 0.15) is 44.1 Å². The second-order valence-electron chi connectivity index (χ2n) is 5.30. The fourth-order valence-electron chi connectivity index (χ4n) is 1.84. The molecule has 0 fully saturated rings. The molecule has 0 aliphatic rings. The van der Waals surface area contributed by atoms with Gasteiger partial charge in [0.2, 0.25) is 5.91 Å². The third kappa shape index (κ3) is 4.26. The fourth-order valence-corrected chi connectivity index (χ4v) is 2.90. The number of thiophene rings is 1. The summed E-state index contributed by atoms with van der Waals surface area (Å²) in [6.45, 7) is 8.44. The highest BCUT2D eigenvalue weighted by molar-refractivity contribution is 7.10.